The first-order valence-electron chi connectivity index (χ1n) is 12.3. The van der Waals surface area contributed by atoms with Crippen LogP contribution in [0.1, 0.15) is 41.9 Å². The van der Waals surface area contributed by atoms with E-state index in [0.717, 1.165) is 34.9 Å². The molecule has 0 aliphatic carbocycles. The molecular weight excluding hydrogens is 529 g/mol. The van der Waals surface area contributed by atoms with Crippen molar-refractivity contribution in [2.75, 3.05) is 13.1 Å². The van der Waals surface area contributed by atoms with Crippen LogP contribution < -0.4 is 5.73 Å². The number of thiophene rings is 1. The van der Waals surface area contributed by atoms with Gasteiger partial charge < -0.3 is 15.7 Å². The Balaban J connectivity index is 1.68. The second kappa shape index (κ2) is 10.1. The third-order valence-corrected chi connectivity index (χ3v) is 7.71. The van der Waals surface area contributed by atoms with Crippen molar-refractivity contribution in [3.05, 3.63) is 58.2 Å². The van der Waals surface area contributed by atoms with Crippen LogP contribution in [0.25, 0.3) is 32.6 Å². The molecule has 0 saturated carbocycles. The van der Waals surface area contributed by atoms with Crippen LogP contribution in [0.4, 0.5) is 13.2 Å². The molecule has 8 nitrogen and oxygen atoms in total. The van der Waals surface area contributed by atoms with E-state index in [1.165, 1.54) is 38.1 Å². The van der Waals surface area contributed by atoms with E-state index in [4.69, 9.17) is 11.0 Å². The van der Waals surface area contributed by atoms with Crippen LogP contribution in [0.15, 0.2) is 30.3 Å². The molecule has 39 heavy (non-hydrogen) atoms. The number of carbonyl (C=O) groups excluding carboxylic acids is 1. The summed E-state index contributed by atoms with van der Waals surface area (Å²) in [5.41, 5.74) is 4.89. The fraction of sp³-hybridized carbons (Fsp3) is 0.333. The normalized spacial score (nSPS) is 16.1. The van der Waals surface area contributed by atoms with Gasteiger partial charge in [0.25, 0.3) is 5.91 Å². The first-order valence-corrected chi connectivity index (χ1v) is 13.1. The standard InChI is InChI=1S/C27H25F3N6O2S/c1-27(2,38)13-36-24-20(33-34-36)9-18(22(29)23(24)30)25-17(14-5-6-15(11-31)19(28)8-14)10-21(39-25)26(37)35-7-3-4-16(32)12-35/h5-6,8-10,16,38H,3-4,7,12-13,32H2,1-2H3. The van der Waals surface area contributed by atoms with Crippen molar-refractivity contribution < 1.29 is 23.1 Å². The van der Waals surface area contributed by atoms with E-state index >= 15 is 8.78 Å². The highest BCUT2D eigenvalue weighted by Crippen LogP contribution is 2.43. The number of hydrogen-bond donors (Lipinski definition) is 2. The number of halogens is 3. The van der Waals surface area contributed by atoms with Gasteiger partial charge in [-0.1, -0.05) is 11.3 Å². The molecular formula is C27H25F3N6O2S. The molecule has 202 valence electrons. The van der Waals surface area contributed by atoms with Gasteiger partial charge in [0, 0.05) is 35.1 Å². The highest BCUT2D eigenvalue weighted by atomic mass is 32.1. The number of likely N-dealkylation sites (tertiary alicyclic amines) is 1. The highest BCUT2D eigenvalue weighted by molar-refractivity contribution is 7.18. The van der Waals surface area contributed by atoms with Crippen LogP contribution in [-0.4, -0.2) is 55.6 Å². The smallest absolute Gasteiger partial charge is 0.264 e. The van der Waals surface area contributed by atoms with Crippen LogP contribution in [0.2, 0.25) is 0 Å². The number of nitrogens with two attached hydrogens (primary N) is 1. The van der Waals surface area contributed by atoms with Crippen LogP contribution in [0.5, 0.6) is 0 Å². The maximum Gasteiger partial charge on any atom is 0.264 e. The molecule has 1 fully saturated rings. The molecule has 2 aromatic carbocycles. The summed E-state index contributed by atoms with van der Waals surface area (Å²) >= 11 is 0.953. The van der Waals surface area contributed by atoms with Crippen molar-refractivity contribution >= 4 is 28.3 Å². The zero-order valence-corrected chi connectivity index (χ0v) is 22.0. The summed E-state index contributed by atoms with van der Waals surface area (Å²) in [6.07, 6.45) is 1.55. The maximum atomic E-state index is 15.7. The van der Waals surface area contributed by atoms with Gasteiger partial charge in [-0.2, -0.15) is 5.26 Å². The molecule has 1 atom stereocenters. The lowest BCUT2D eigenvalue weighted by atomic mass is 9.99. The number of carbonyl (C=O) groups is 1. The fourth-order valence-electron chi connectivity index (χ4n) is 4.75. The number of nitrogens with zero attached hydrogens (tertiary/aromatic N) is 5. The van der Waals surface area contributed by atoms with Gasteiger partial charge >= 0.3 is 0 Å². The van der Waals surface area contributed by atoms with E-state index in [2.05, 4.69) is 10.3 Å². The predicted molar refractivity (Wildman–Crippen MR) is 140 cm³/mol. The lowest BCUT2D eigenvalue weighted by Gasteiger charge is -2.30. The Morgan fingerprint density at radius 3 is 2.67 bits per heavy atom. The first kappa shape index (κ1) is 26.8. The largest absolute Gasteiger partial charge is 0.389 e. The fourth-order valence-corrected chi connectivity index (χ4v) is 5.91. The molecule has 1 amide bonds. The molecule has 2 aromatic heterocycles. The zero-order valence-electron chi connectivity index (χ0n) is 21.2. The molecule has 0 spiro atoms. The molecule has 12 heteroatoms. The van der Waals surface area contributed by atoms with Gasteiger partial charge in [-0.15, -0.1) is 16.4 Å². The minimum atomic E-state index is -1.25. The van der Waals surface area contributed by atoms with Gasteiger partial charge in [0.2, 0.25) is 0 Å². The van der Waals surface area contributed by atoms with E-state index in [9.17, 15) is 14.3 Å². The summed E-state index contributed by atoms with van der Waals surface area (Å²) in [5.74, 6) is -3.50. The molecule has 1 aliphatic heterocycles. The summed E-state index contributed by atoms with van der Waals surface area (Å²) in [5, 5.41) is 27.1. The Bertz CT molecular complexity index is 1640. The summed E-state index contributed by atoms with van der Waals surface area (Å²) in [4.78, 5) is 15.5. The van der Waals surface area contributed by atoms with Crippen LogP contribution in [0.3, 0.4) is 0 Å². The predicted octanol–water partition coefficient (Wildman–Crippen LogP) is 4.45. The van der Waals surface area contributed by atoms with E-state index in [0.29, 0.717) is 18.7 Å². The lowest BCUT2D eigenvalue weighted by Crippen LogP contribution is -2.45. The number of aromatic nitrogens is 3. The molecule has 1 aliphatic rings. The monoisotopic (exact) mass is 554 g/mol. The van der Waals surface area contributed by atoms with Crippen LogP contribution in [-0.2, 0) is 6.54 Å². The number of piperidine rings is 1. The number of amides is 1. The minimum Gasteiger partial charge on any atom is -0.389 e. The number of aliphatic hydroxyl groups is 1. The van der Waals surface area contributed by atoms with E-state index in [1.807, 2.05) is 0 Å². The number of nitriles is 1. The lowest BCUT2D eigenvalue weighted by molar-refractivity contribution is 0.0583. The van der Waals surface area contributed by atoms with Gasteiger partial charge in [-0.25, -0.2) is 17.9 Å². The Morgan fingerprint density at radius 1 is 1.23 bits per heavy atom. The average Bonchev–Trinajstić information content (AvgIpc) is 3.49. The third kappa shape index (κ3) is 5.13. The van der Waals surface area contributed by atoms with Crippen LogP contribution >= 0.6 is 11.3 Å². The van der Waals surface area contributed by atoms with E-state index in [1.54, 1.807) is 11.0 Å². The number of hydrogen-bond acceptors (Lipinski definition) is 7. The zero-order chi connectivity index (χ0) is 28.1. The topological polar surface area (TPSA) is 121 Å². The second-order valence-corrected chi connectivity index (χ2v) is 11.3. The SMILES string of the molecule is CC(C)(O)Cn1nnc2cc(-c3sc(C(=O)N4CCCC(N)C4)cc3-c3ccc(C#N)c(F)c3)c(F)c(F)c21. The molecule has 3 N–H and O–H groups in total. The molecule has 4 aromatic rings. The second-order valence-electron chi connectivity index (χ2n) is 10.3. The van der Waals surface area contributed by atoms with Gasteiger partial charge in [-0.05, 0) is 56.5 Å². The Kier molecular flexibility index (Phi) is 6.92. The van der Waals surface area contributed by atoms with Crippen LogP contribution in [0, 0.1) is 28.8 Å². The summed E-state index contributed by atoms with van der Waals surface area (Å²) in [6.45, 7) is 3.77. The highest BCUT2D eigenvalue weighted by Gasteiger charge is 2.29. The first-order chi connectivity index (χ1) is 18.5. The van der Waals surface area contributed by atoms with Crippen molar-refractivity contribution in [2.45, 2.75) is 44.9 Å². The molecule has 1 saturated heterocycles. The van der Waals surface area contributed by atoms with Crippen molar-refractivity contribution in [3.63, 3.8) is 0 Å². The summed E-state index contributed by atoms with van der Waals surface area (Å²) in [7, 11) is 0. The van der Waals surface area contributed by atoms with Crippen molar-refractivity contribution in [3.8, 4) is 27.6 Å². The third-order valence-electron chi connectivity index (χ3n) is 6.55. The van der Waals surface area contributed by atoms with Gasteiger partial charge in [-0.3, -0.25) is 4.79 Å². The summed E-state index contributed by atoms with van der Waals surface area (Å²) in [6, 6.07) is 8.35. The van der Waals surface area contributed by atoms with Crippen molar-refractivity contribution in [2.24, 2.45) is 5.73 Å². The number of rotatable bonds is 5. The average molecular weight is 555 g/mol. The van der Waals surface area contributed by atoms with Crippen molar-refractivity contribution in [1.82, 2.24) is 19.9 Å². The number of benzene rings is 2. The number of fused-ring (bicyclic) bond motifs is 1. The van der Waals surface area contributed by atoms with Crippen molar-refractivity contribution in [1.29, 1.82) is 5.26 Å². The Labute approximate surface area is 226 Å². The van der Waals surface area contributed by atoms with E-state index < -0.39 is 23.1 Å². The molecule has 1 unspecified atom stereocenters. The quantitative estimate of drug-likeness (QED) is 0.376. The molecule has 5 rings (SSSR count). The Hall–Kier alpha value is -3.79. The molecule has 0 radical (unpaired) electrons. The molecule has 3 heterocycles. The Morgan fingerprint density at radius 2 is 2.00 bits per heavy atom. The maximum absolute atomic E-state index is 15.7. The van der Waals surface area contributed by atoms with Gasteiger partial charge in [0.1, 0.15) is 22.9 Å². The van der Waals surface area contributed by atoms with E-state index in [-0.39, 0.29) is 56.0 Å². The van der Waals surface area contributed by atoms with Gasteiger partial charge in [0.15, 0.2) is 11.6 Å². The van der Waals surface area contributed by atoms with Gasteiger partial charge in [0.05, 0.1) is 22.6 Å². The molecule has 0 bridgehead atoms. The minimum absolute atomic E-state index is 0.0494. The summed E-state index contributed by atoms with van der Waals surface area (Å²) < 4.78 is 46.8.